The molecule has 0 fully saturated rings. The Bertz CT molecular complexity index is 1000. The summed E-state index contributed by atoms with van der Waals surface area (Å²) in [4.78, 5) is -0.738. The smallest absolute Gasteiger partial charge is 0.387 e. The Morgan fingerprint density at radius 1 is 0.857 bits per heavy atom. The highest BCUT2D eigenvalue weighted by molar-refractivity contribution is 8.13. The summed E-state index contributed by atoms with van der Waals surface area (Å²) in [6, 6.07) is 9.49. The lowest BCUT2D eigenvalue weighted by atomic mass is 10.3. The number of ether oxygens (including phenoxy) is 2. The number of primary sulfonamides is 1. The molecular weight excluding hydrogens is 454 g/mol. The van der Waals surface area contributed by atoms with Crippen LogP contribution in [0.4, 0.5) is 17.6 Å². The van der Waals surface area contributed by atoms with Gasteiger partial charge in [0.1, 0.15) is 16.4 Å². The van der Waals surface area contributed by atoms with Crippen molar-refractivity contribution in [2.75, 3.05) is 0 Å². The van der Waals surface area contributed by atoms with Gasteiger partial charge in [-0.1, -0.05) is 18.2 Å². The number of alkyl halides is 4. The molecule has 0 aliphatic rings. The lowest BCUT2D eigenvalue weighted by molar-refractivity contribution is -0.0519. The van der Waals surface area contributed by atoms with Gasteiger partial charge in [0.15, 0.2) is 0 Å². The minimum absolute atomic E-state index is 0.244. The maximum Gasteiger partial charge on any atom is 0.387 e. The average Bonchev–Trinajstić information content (AvgIpc) is 2.53. The largest absolute Gasteiger partial charge is 0.435 e. The van der Waals surface area contributed by atoms with E-state index >= 15 is 0 Å². The van der Waals surface area contributed by atoms with Crippen LogP contribution in [0.2, 0.25) is 0 Å². The Balaban J connectivity index is 0.000000280. The standard InChI is InChI=1S/C7H5ClF2O3S.C7H7F2NO3S/c8-14(11,12)6-4-2-1-3-5(6)13-7(9)10;8-7(9)13-5-2-1-3-6(4-5)14(10,11)12/h1-4,7H;1-4,7H,(H2,10,11,12). The quantitative estimate of drug-likeness (QED) is 0.518. The highest BCUT2D eigenvalue weighted by Gasteiger charge is 2.18. The highest BCUT2D eigenvalue weighted by Crippen LogP contribution is 2.27. The lowest BCUT2D eigenvalue weighted by Gasteiger charge is -2.07. The Labute approximate surface area is 162 Å². The summed E-state index contributed by atoms with van der Waals surface area (Å²) in [6.07, 6.45) is 0. The number of rotatable bonds is 6. The Morgan fingerprint density at radius 3 is 1.93 bits per heavy atom. The monoisotopic (exact) mass is 465 g/mol. The second-order valence-electron chi connectivity index (χ2n) is 4.66. The van der Waals surface area contributed by atoms with Gasteiger partial charge >= 0.3 is 13.2 Å². The summed E-state index contributed by atoms with van der Waals surface area (Å²) < 4.78 is 98.5. The molecule has 156 valence electrons. The summed E-state index contributed by atoms with van der Waals surface area (Å²) >= 11 is 0. The molecule has 0 aromatic heterocycles. The SMILES string of the molecule is NS(=O)(=O)c1cccc(OC(F)F)c1.O=S(=O)(Cl)c1ccccc1OC(F)F. The number of nitrogens with two attached hydrogens (primary N) is 1. The van der Waals surface area contributed by atoms with Crippen molar-refractivity contribution >= 4 is 29.8 Å². The summed E-state index contributed by atoms with van der Waals surface area (Å²) in [6.45, 7) is -6.08. The zero-order chi connectivity index (χ0) is 21.5. The van der Waals surface area contributed by atoms with Crippen molar-refractivity contribution < 1.29 is 43.9 Å². The minimum Gasteiger partial charge on any atom is -0.435 e. The van der Waals surface area contributed by atoms with E-state index in [1.54, 1.807) is 0 Å². The van der Waals surface area contributed by atoms with Gasteiger partial charge < -0.3 is 9.47 Å². The first-order valence-corrected chi connectivity index (χ1v) is 10.7. The van der Waals surface area contributed by atoms with E-state index in [1.165, 1.54) is 30.3 Å². The van der Waals surface area contributed by atoms with E-state index < -0.39 is 42.9 Å². The van der Waals surface area contributed by atoms with Crippen LogP contribution in [0.1, 0.15) is 0 Å². The van der Waals surface area contributed by atoms with Gasteiger partial charge in [-0.15, -0.1) is 0 Å². The lowest BCUT2D eigenvalue weighted by Crippen LogP contribution is -2.12. The predicted molar refractivity (Wildman–Crippen MR) is 90.6 cm³/mol. The summed E-state index contributed by atoms with van der Waals surface area (Å²) in [5.41, 5.74) is 0. The van der Waals surface area contributed by atoms with Crippen LogP contribution >= 0.6 is 10.7 Å². The van der Waals surface area contributed by atoms with Gasteiger partial charge in [0, 0.05) is 16.7 Å². The van der Waals surface area contributed by atoms with Crippen molar-refractivity contribution in [3.8, 4) is 11.5 Å². The zero-order valence-electron chi connectivity index (χ0n) is 13.5. The molecule has 0 saturated heterocycles. The second-order valence-corrected chi connectivity index (χ2v) is 8.76. The van der Waals surface area contributed by atoms with Gasteiger partial charge in [-0.05, 0) is 24.3 Å². The van der Waals surface area contributed by atoms with Crippen molar-refractivity contribution in [2.24, 2.45) is 5.14 Å². The van der Waals surface area contributed by atoms with Crippen LogP contribution in [0.15, 0.2) is 58.3 Å². The van der Waals surface area contributed by atoms with Crippen LogP contribution in [0, 0.1) is 0 Å². The predicted octanol–water partition coefficient (Wildman–Crippen LogP) is 3.15. The average molecular weight is 466 g/mol. The number of hydrogen-bond acceptors (Lipinski definition) is 6. The molecule has 2 aromatic carbocycles. The molecule has 0 aliphatic heterocycles. The zero-order valence-corrected chi connectivity index (χ0v) is 15.9. The fraction of sp³-hybridized carbons (Fsp3) is 0.143. The molecule has 7 nitrogen and oxygen atoms in total. The van der Waals surface area contributed by atoms with E-state index in [2.05, 4.69) is 9.47 Å². The van der Waals surface area contributed by atoms with Gasteiger partial charge in [-0.3, -0.25) is 0 Å². The fourth-order valence-electron chi connectivity index (χ4n) is 1.67. The summed E-state index contributed by atoms with van der Waals surface area (Å²) in [7, 11) is -2.96. The Morgan fingerprint density at radius 2 is 1.43 bits per heavy atom. The van der Waals surface area contributed by atoms with Crippen molar-refractivity contribution in [1.82, 2.24) is 0 Å². The third-order valence-corrected chi connectivity index (χ3v) is 4.96. The van der Waals surface area contributed by atoms with Gasteiger partial charge in [0.2, 0.25) is 10.0 Å². The van der Waals surface area contributed by atoms with Crippen molar-refractivity contribution in [2.45, 2.75) is 23.0 Å². The molecule has 14 heteroatoms. The minimum atomic E-state index is -4.07. The molecule has 0 aliphatic carbocycles. The molecule has 0 amide bonds. The molecule has 0 spiro atoms. The molecular formula is C14H12ClF4NO6S2. The van der Waals surface area contributed by atoms with Crippen LogP contribution in [0.3, 0.4) is 0 Å². The molecule has 2 rings (SSSR count). The first kappa shape index (κ1) is 23.9. The normalized spacial score (nSPS) is 11.7. The maximum atomic E-state index is 11.8. The van der Waals surface area contributed by atoms with Gasteiger partial charge in [0.25, 0.3) is 9.05 Å². The van der Waals surface area contributed by atoms with Gasteiger partial charge in [0.05, 0.1) is 4.90 Å². The van der Waals surface area contributed by atoms with E-state index in [-0.39, 0.29) is 10.6 Å². The Kier molecular flexibility index (Phi) is 8.48. The molecule has 0 saturated carbocycles. The molecule has 0 bridgehead atoms. The van der Waals surface area contributed by atoms with Gasteiger partial charge in [-0.2, -0.15) is 17.6 Å². The third-order valence-electron chi connectivity index (χ3n) is 2.69. The van der Waals surface area contributed by atoms with E-state index in [1.807, 2.05) is 0 Å². The maximum absolute atomic E-state index is 11.8. The van der Waals surface area contributed by atoms with Crippen molar-refractivity contribution in [3.05, 3.63) is 48.5 Å². The van der Waals surface area contributed by atoms with Gasteiger partial charge in [-0.25, -0.2) is 22.0 Å². The number of sulfonamides is 1. The van der Waals surface area contributed by atoms with Crippen molar-refractivity contribution in [3.63, 3.8) is 0 Å². The second kappa shape index (κ2) is 9.91. The van der Waals surface area contributed by atoms with Crippen LogP contribution in [-0.2, 0) is 19.1 Å². The van der Waals surface area contributed by atoms with Crippen LogP contribution in [0.5, 0.6) is 11.5 Å². The van der Waals surface area contributed by atoms with E-state index in [0.717, 1.165) is 18.2 Å². The molecule has 2 aromatic rings. The topological polar surface area (TPSA) is 113 Å². The van der Waals surface area contributed by atoms with Crippen molar-refractivity contribution in [1.29, 1.82) is 0 Å². The number of benzene rings is 2. The number of halogens is 5. The van der Waals surface area contributed by atoms with Crippen LogP contribution in [-0.4, -0.2) is 30.1 Å². The molecule has 0 heterocycles. The summed E-state index contributed by atoms with van der Waals surface area (Å²) in [5, 5.41) is 4.79. The molecule has 28 heavy (non-hydrogen) atoms. The molecule has 2 N–H and O–H groups in total. The van der Waals surface area contributed by atoms with E-state index in [4.69, 9.17) is 15.8 Å². The first-order chi connectivity index (χ1) is 12.8. The molecule has 0 radical (unpaired) electrons. The summed E-state index contributed by atoms with van der Waals surface area (Å²) in [5.74, 6) is -0.705. The van der Waals surface area contributed by atoms with E-state index in [0.29, 0.717) is 0 Å². The number of para-hydroxylation sites is 1. The first-order valence-electron chi connectivity index (χ1n) is 6.87. The fourth-order valence-corrected chi connectivity index (χ4v) is 3.20. The molecule has 0 atom stereocenters. The Hall–Kier alpha value is -2.09. The third kappa shape index (κ3) is 8.29. The molecule has 0 unspecified atom stereocenters. The van der Waals surface area contributed by atoms with E-state index in [9.17, 15) is 34.4 Å². The van der Waals surface area contributed by atoms with Crippen LogP contribution < -0.4 is 14.6 Å². The van der Waals surface area contributed by atoms with Crippen LogP contribution in [0.25, 0.3) is 0 Å². The number of hydrogen-bond donors (Lipinski definition) is 1. The highest BCUT2D eigenvalue weighted by atomic mass is 35.7.